The normalized spacial score (nSPS) is 16.0. The summed E-state index contributed by atoms with van der Waals surface area (Å²) in [6.45, 7) is 7.15. The van der Waals surface area contributed by atoms with Crippen molar-refractivity contribution in [2.75, 3.05) is 37.9 Å². The molecule has 2 aromatic carbocycles. The maximum Gasteiger partial charge on any atom is 0.254 e. The lowest BCUT2D eigenvalue weighted by molar-refractivity contribution is 0.0746. The first-order valence-corrected chi connectivity index (χ1v) is 9.31. The number of amides is 1. The van der Waals surface area contributed by atoms with Gasteiger partial charge in [0.2, 0.25) is 6.79 Å². The van der Waals surface area contributed by atoms with E-state index in [4.69, 9.17) is 14.2 Å². The Kier molecular flexibility index (Phi) is 4.79. The molecule has 0 radical (unpaired) electrons. The van der Waals surface area contributed by atoms with Crippen LogP contribution in [0.5, 0.6) is 17.2 Å². The first-order chi connectivity index (χ1) is 13.1. The third-order valence-corrected chi connectivity index (χ3v) is 4.76. The van der Waals surface area contributed by atoms with Gasteiger partial charge in [-0.3, -0.25) is 4.79 Å². The molecule has 4 rings (SSSR count). The van der Waals surface area contributed by atoms with Crippen LogP contribution in [0, 0.1) is 0 Å². The van der Waals surface area contributed by atoms with Crippen LogP contribution in [0.3, 0.4) is 0 Å². The molecule has 2 heterocycles. The summed E-state index contributed by atoms with van der Waals surface area (Å²) in [5.74, 6) is 2.25. The fourth-order valence-electron chi connectivity index (χ4n) is 3.43. The average Bonchev–Trinajstić information content (AvgIpc) is 3.15. The summed E-state index contributed by atoms with van der Waals surface area (Å²) in [5.41, 5.74) is 1.72. The second-order valence-corrected chi connectivity index (χ2v) is 6.98. The fourth-order valence-corrected chi connectivity index (χ4v) is 3.43. The molecule has 0 N–H and O–H groups in total. The number of hydrogen-bond donors (Lipinski definition) is 0. The maximum absolute atomic E-state index is 12.8. The largest absolute Gasteiger partial charge is 0.489 e. The Bertz CT molecular complexity index is 829. The van der Waals surface area contributed by atoms with Crippen molar-refractivity contribution >= 4 is 11.6 Å². The predicted molar refractivity (Wildman–Crippen MR) is 103 cm³/mol. The van der Waals surface area contributed by atoms with Crippen LogP contribution in [0.2, 0.25) is 0 Å². The first-order valence-electron chi connectivity index (χ1n) is 9.31. The van der Waals surface area contributed by atoms with Crippen LogP contribution in [0.15, 0.2) is 42.5 Å². The molecule has 1 amide bonds. The number of carbonyl (C=O) groups is 1. The summed E-state index contributed by atoms with van der Waals surface area (Å²) in [5, 5.41) is 0. The smallest absolute Gasteiger partial charge is 0.254 e. The van der Waals surface area contributed by atoms with Gasteiger partial charge in [-0.2, -0.15) is 0 Å². The zero-order valence-corrected chi connectivity index (χ0v) is 15.7. The van der Waals surface area contributed by atoms with E-state index >= 15 is 0 Å². The Morgan fingerprint density at radius 2 is 1.74 bits per heavy atom. The van der Waals surface area contributed by atoms with Crippen molar-refractivity contribution in [1.29, 1.82) is 0 Å². The van der Waals surface area contributed by atoms with Crippen molar-refractivity contribution in [2.24, 2.45) is 0 Å². The SMILES string of the molecule is CC(C)Oc1ccccc1N1CCN(C(=O)c2ccc3c(c2)OCO3)CC1. The molecule has 2 aromatic rings. The molecule has 0 aromatic heterocycles. The Balaban J connectivity index is 1.43. The van der Waals surface area contributed by atoms with Crippen molar-refractivity contribution in [3.05, 3.63) is 48.0 Å². The molecule has 2 aliphatic heterocycles. The Labute approximate surface area is 159 Å². The molecule has 0 saturated carbocycles. The van der Waals surface area contributed by atoms with Gasteiger partial charge in [0.15, 0.2) is 11.5 Å². The first kappa shape index (κ1) is 17.5. The van der Waals surface area contributed by atoms with Crippen molar-refractivity contribution in [2.45, 2.75) is 20.0 Å². The number of rotatable bonds is 4. The lowest BCUT2D eigenvalue weighted by Crippen LogP contribution is -2.48. The highest BCUT2D eigenvalue weighted by Gasteiger charge is 2.25. The van der Waals surface area contributed by atoms with Crippen LogP contribution in [0.4, 0.5) is 5.69 Å². The van der Waals surface area contributed by atoms with Gasteiger partial charge in [0.05, 0.1) is 11.8 Å². The molecule has 0 spiro atoms. The van der Waals surface area contributed by atoms with Crippen LogP contribution in [-0.4, -0.2) is 49.9 Å². The van der Waals surface area contributed by atoms with E-state index in [1.807, 2.05) is 36.9 Å². The second kappa shape index (κ2) is 7.39. The highest BCUT2D eigenvalue weighted by molar-refractivity contribution is 5.95. The van der Waals surface area contributed by atoms with E-state index in [1.165, 1.54) is 0 Å². The third kappa shape index (κ3) is 3.65. The zero-order chi connectivity index (χ0) is 18.8. The summed E-state index contributed by atoms with van der Waals surface area (Å²) in [7, 11) is 0. The molecule has 6 heteroatoms. The minimum Gasteiger partial charge on any atom is -0.489 e. The molecule has 2 aliphatic rings. The molecule has 0 bridgehead atoms. The van der Waals surface area contributed by atoms with E-state index in [0.717, 1.165) is 24.5 Å². The van der Waals surface area contributed by atoms with Crippen molar-refractivity contribution < 1.29 is 19.0 Å². The van der Waals surface area contributed by atoms with Gasteiger partial charge in [0.1, 0.15) is 5.75 Å². The van der Waals surface area contributed by atoms with E-state index in [1.54, 1.807) is 18.2 Å². The number of hydrogen-bond acceptors (Lipinski definition) is 5. The highest BCUT2D eigenvalue weighted by atomic mass is 16.7. The zero-order valence-electron chi connectivity index (χ0n) is 15.7. The number of para-hydroxylation sites is 2. The van der Waals surface area contributed by atoms with Crippen molar-refractivity contribution in [3.63, 3.8) is 0 Å². The lowest BCUT2D eigenvalue weighted by Gasteiger charge is -2.37. The average molecular weight is 368 g/mol. The molecular formula is C21H24N2O4. The van der Waals surface area contributed by atoms with Gasteiger partial charge < -0.3 is 24.0 Å². The summed E-state index contributed by atoms with van der Waals surface area (Å²) in [6.07, 6.45) is 0.125. The molecule has 0 aliphatic carbocycles. The van der Waals surface area contributed by atoms with Gasteiger partial charge in [0, 0.05) is 31.7 Å². The van der Waals surface area contributed by atoms with E-state index in [9.17, 15) is 4.79 Å². The van der Waals surface area contributed by atoms with Crippen LogP contribution < -0.4 is 19.1 Å². The number of carbonyl (C=O) groups excluding carboxylic acids is 1. The summed E-state index contributed by atoms with van der Waals surface area (Å²) in [4.78, 5) is 17.0. The number of benzene rings is 2. The van der Waals surface area contributed by atoms with Gasteiger partial charge in [-0.05, 0) is 44.2 Å². The van der Waals surface area contributed by atoms with E-state index in [2.05, 4.69) is 11.0 Å². The highest BCUT2D eigenvalue weighted by Crippen LogP contribution is 2.33. The van der Waals surface area contributed by atoms with Crippen LogP contribution in [0.25, 0.3) is 0 Å². The molecule has 6 nitrogen and oxygen atoms in total. The molecule has 142 valence electrons. The maximum atomic E-state index is 12.8. The monoisotopic (exact) mass is 368 g/mol. The molecule has 1 saturated heterocycles. The van der Waals surface area contributed by atoms with E-state index < -0.39 is 0 Å². The Morgan fingerprint density at radius 3 is 2.52 bits per heavy atom. The van der Waals surface area contributed by atoms with Crippen LogP contribution in [-0.2, 0) is 0 Å². The van der Waals surface area contributed by atoms with Gasteiger partial charge in [-0.15, -0.1) is 0 Å². The minimum absolute atomic E-state index is 0.0275. The predicted octanol–water partition coefficient (Wildman–Crippen LogP) is 3.16. The second-order valence-electron chi connectivity index (χ2n) is 6.98. The van der Waals surface area contributed by atoms with Gasteiger partial charge in [-0.25, -0.2) is 0 Å². The molecule has 0 unspecified atom stereocenters. The van der Waals surface area contributed by atoms with E-state index in [0.29, 0.717) is 30.2 Å². The summed E-state index contributed by atoms with van der Waals surface area (Å²) < 4.78 is 16.6. The Hall–Kier alpha value is -2.89. The van der Waals surface area contributed by atoms with Crippen LogP contribution >= 0.6 is 0 Å². The van der Waals surface area contributed by atoms with Gasteiger partial charge in [0.25, 0.3) is 5.91 Å². The Morgan fingerprint density at radius 1 is 1.00 bits per heavy atom. The topological polar surface area (TPSA) is 51.2 Å². The number of nitrogens with zero attached hydrogens (tertiary/aromatic N) is 2. The van der Waals surface area contributed by atoms with Crippen LogP contribution in [0.1, 0.15) is 24.2 Å². The van der Waals surface area contributed by atoms with Crippen molar-refractivity contribution in [3.8, 4) is 17.2 Å². The number of piperazine rings is 1. The molecule has 1 fully saturated rings. The molecule has 0 atom stereocenters. The molecule has 27 heavy (non-hydrogen) atoms. The third-order valence-electron chi connectivity index (χ3n) is 4.76. The number of ether oxygens (including phenoxy) is 3. The van der Waals surface area contributed by atoms with Gasteiger partial charge in [-0.1, -0.05) is 12.1 Å². The number of fused-ring (bicyclic) bond motifs is 1. The standard InChI is InChI=1S/C21H24N2O4/c1-15(2)27-18-6-4-3-5-17(18)22-9-11-23(12-10-22)21(24)16-7-8-19-20(13-16)26-14-25-19/h3-8,13,15H,9-12,14H2,1-2H3. The van der Waals surface area contributed by atoms with E-state index in [-0.39, 0.29) is 18.8 Å². The number of anilines is 1. The summed E-state index contributed by atoms with van der Waals surface area (Å²) >= 11 is 0. The molecular weight excluding hydrogens is 344 g/mol. The summed E-state index contributed by atoms with van der Waals surface area (Å²) in [6, 6.07) is 13.4. The quantitative estimate of drug-likeness (QED) is 0.830. The fraction of sp³-hybridized carbons (Fsp3) is 0.381. The minimum atomic E-state index is 0.0275. The van der Waals surface area contributed by atoms with Crippen molar-refractivity contribution in [1.82, 2.24) is 4.90 Å². The lowest BCUT2D eigenvalue weighted by atomic mass is 10.1. The van der Waals surface area contributed by atoms with Gasteiger partial charge >= 0.3 is 0 Å².